The van der Waals surface area contributed by atoms with Crippen molar-refractivity contribution in [3.63, 3.8) is 0 Å². The van der Waals surface area contributed by atoms with Crippen LogP contribution < -0.4 is 10.2 Å². The van der Waals surface area contributed by atoms with Crippen LogP contribution in [0.3, 0.4) is 0 Å². The van der Waals surface area contributed by atoms with Crippen LogP contribution in [-0.2, 0) is 32.4 Å². The van der Waals surface area contributed by atoms with Gasteiger partial charge in [0.25, 0.3) is 5.91 Å². The van der Waals surface area contributed by atoms with Crippen LogP contribution in [0.1, 0.15) is 17.5 Å². The third kappa shape index (κ3) is 4.06. The molecule has 5 rings (SSSR count). The van der Waals surface area contributed by atoms with E-state index in [1.54, 1.807) is 6.07 Å². The maximum atomic E-state index is 12.9. The maximum absolute atomic E-state index is 12.9. The largest absolute Gasteiger partial charge is 0.385 e. The second-order valence-electron chi connectivity index (χ2n) is 7.79. The summed E-state index contributed by atoms with van der Waals surface area (Å²) in [5.41, 5.74) is 4.15. The smallest absolute Gasteiger partial charge is 0.265 e. The molecule has 1 N–H and O–H groups in total. The molecule has 0 saturated carbocycles. The molecule has 0 spiro atoms. The number of nitrogens with zero attached hydrogens (tertiary/aromatic N) is 4. The summed E-state index contributed by atoms with van der Waals surface area (Å²) in [6.45, 7) is 1.04. The molecule has 32 heavy (non-hydrogen) atoms. The van der Waals surface area contributed by atoms with Gasteiger partial charge in [-0.3, -0.25) is 4.79 Å². The third-order valence-electron chi connectivity index (χ3n) is 5.69. The lowest BCUT2D eigenvalue weighted by atomic mass is 10.1. The molecule has 0 radical (unpaired) electrons. The molecule has 1 aliphatic carbocycles. The highest BCUT2D eigenvalue weighted by atomic mass is 32.2. The fraction of sp³-hybridized carbons (Fsp3) is 0.381. The molecule has 168 valence electrons. The second kappa shape index (κ2) is 8.49. The Morgan fingerprint density at radius 3 is 2.75 bits per heavy atom. The van der Waals surface area contributed by atoms with E-state index in [0.29, 0.717) is 37.3 Å². The minimum absolute atomic E-state index is 0.113. The quantitative estimate of drug-likeness (QED) is 0.587. The summed E-state index contributed by atoms with van der Waals surface area (Å²) >= 11 is 0. The fourth-order valence-corrected chi connectivity index (χ4v) is 5.46. The van der Waals surface area contributed by atoms with Gasteiger partial charge in [-0.25, -0.2) is 8.42 Å². The van der Waals surface area contributed by atoms with Gasteiger partial charge in [0.05, 0.1) is 18.1 Å². The molecular weight excluding hydrogens is 434 g/mol. The molecule has 2 aliphatic rings. The Morgan fingerprint density at radius 1 is 1.09 bits per heavy atom. The highest BCUT2D eigenvalue weighted by molar-refractivity contribution is 7.89. The number of benzene rings is 2. The third-order valence-corrected chi connectivity index (χ3v) is 7.59. The van der Waals surface area contributed by atoms with Crippen molar-refractivity contribution in [1.82, 2.24) is 19.5 Å². The van der Waals surface area contributed by atoms with Crippen LogP contribution in [0.2, 0.25) is 0 Å². The van der Waals surface area contributed by atoms with Crippen molar-refractivity contribution in [2.45, 2.75) is 24.2 Å². The van der Waals surface area contributed by atoms with Gasteiger partial charge in [0.2, 0.25) is 10.0 Å². The number of carbonyl (C=O) groups excluding carboxylic acids is 1. The van der Waals surface area contributed by atoms with Gasteiger partial charge >= 0.3 is 0 Å². The van der Waals surface area contributed by atoms with Gasteiger partial charge in [-0.1, -0.05) is 10.9 Å². The summed E-state index contributed by atoms with van der Waals surface area (Å²) in [4.78, 5) is 19.1. The van der Waals surface area contributed by atoms with E-state index in [9.17, 15) is 13.2 Å². The predicted octanol–water partition coefficient (Wildman–Crippen LogP) is 1.01. The van der Waals surface area contributed by atoms with E-state index in [-0.39, 0.29) is 17.4 Å². The van der Waals surface area contributed by atoms with Crippen molar-refractivity contribution in [3.8, 4) is 0 Å². The Morgan fingerprint density at radius 2 is 1.91 bits per heavy atom. The van der Waals surface area contributed by atoms with Crippen LogP contribution in [0.4, 0.5) is 5.69 Å². The van der Waals surface area contributed by atoms with Gasteiger partial charge in [-0.15, -0.1) is 5.10 Å². The minimum Gasteiger partial charge on any atom is -0.385 e. The fourth-order valence-electron chi connectivity index (χ4n) is 4.04. The Bertz CT molecular complexity index is 1270. The van der Waals surface area contributed by atoms with E-state index < -0.39 is 10.0 Å². The van der Waals surface area contributed by atoms with Crippen LogP contribution >= 0.6 is 0 Å². The molecule has 0 atom stereocenters. The number of nitrogens with one attached hydrogen (secondary N) is 1. The van der Waals surface area contributed by atoms with Crippen LogP contribution in [0.25, 0.3) is 11.0 Å². The Labute approximate surface area is 185 Å². The van der Waals surface area contributed by atoms with Gasteiger partial charge in [-0.05, 0) is 65.9 Å². The molecule has 11 heteroatoms. The standard InChI is InChI=1S/C21H23N5O5S/c27-21(22-17-5-4-15-2-1-3-16(15)12-17)14-31-26-20-13-18(6-7-19(20)23-24-26)32(28,29)25-8-10-30-11-9-25/h4-7,12-13H,1-3,8-11,14H2,(H,22,27). The van der Waals surface area contributed by atoms with Crippen molar-refractivity contribution in [2.24, 2.45) is 0 Å². The maximum Gasteiger partial charge on any atom is 0.265 e. The summed E-state index contributed by atoms with van der Waals surface area (Å²) in [7, 11) is -3.68. The van der Waals surface area contributed by atoms with Gasteiger partial charge in [0.15, 0.2) is 6.61 Å². The lowest BCUT2D eigenvalue weighted by Gasteiger charge is -2.26. The Kier molecular flexibility index (Phi) is 5.53. The van der Waals surface area contributed by atoms with Crippen molar-refractivity contribution in [1.29, 1.82) is 0 Å². The zero-order chi connectivity index (χ0) is 22.1. The van der Waals surface area contributed by atoms with Gasteiger partial charge in [-0.2, -0.15) is 4.31 Å². The van der Waals surface area contributed by atoms with Crippen LogP contribution in [0.15, 0.2) is 41.3 Å². The van der Waals surface area contributed by atoms with Crippen molar-refractivity contribution in [2.75, 3.05) is 38.2 Å². The molecule has 1 fully saturated rings. The van der Waals surface area contributed by atoms with Crippen LogP contribution in [0.5, 0.6) is 0 Å². The van der Waals surface area contributed by atoms with Crippen molar-refractivity contribution < 1.29 is 22.8 Å². The summed E-state index contributed by atoms with van der Waals surface area (Å²) in [6, 6.07) is 10.4. The van der Waals surface area contributed by atoms with E-state index in [0.717, 1.165) is 29.8 Å². The van der Waals surface area contributed by atoms with E-state index in [4.69, 9.17) is 9.57 Å². The normalized spacial score (nSPS) is 16.8. The second-order valence-corrected chi connectivity index (χ2v) is 9.73. The summed E-state index contributed by atoms with van der Waals surface area (Å²) < 4.78 is 32.5. The molecule has 0 unspecified atom stereocenters. The highest BCUT2D eigenvalue weighted by Crippen LogP contribution is 2.25. The number of aryl methyl sites for hydroxylation is 2. The first-order valence-electron chi connectivity index (χ1n) is 10.5. The molecular formula is C21H23N5O5S. The SMILES string of the molecule is O=C(COn1nnc2ccc(S(=O)(=O)N3CCOCC3)cc21)Nc1ccc2c(c1)CCC2. The number of fused-ring (bicyclic) bond motifs is 2. The first-order chi connectivity index (χ1) is 15.5. The average molecular weight is 458 g/mol. The molecule has 2 aromatic carbocycles. The number of hydrogen-bond acceptors (Lipinski definition) is 7. The van der Waals surface area contributed by atoms with Gasteiger partial charge in [0.1, 0.15) is 11.0 Å². The first-order valence-corrected chi connectivity index (χ1v) is 11.9. The molecule has 2 heterocycles. The zero-order valence-corrected chi connectivity index (χ0v) is 18.2. The predicted molar refractivity (Wildman–Crippen MR) is 116 cm³/mol. The number of carbonyl (C=O) groups is 1. The molecule has 3 aromatic rings. The van der Waals surface area contributed by atoms with Crippen LogP contribution in [-0.4, -0.2) is 66.7 Å². The highest BCUT2D eigenvalue weighted by Gasteiger charge is 2.27. The number of ether oxygens (including phenoxy) is 1. The molecule has 1 amide bonds. The first kappa shape index (κ1) is 20.9. The van der Waals surface area contributed by atoms with E-state index in [1.165, 1.54) is 27.6 Å². The average Bonchev–Trinajstić information content (AvgIpc) is 3.44. The molecule has 10 nitrogen and oxygen atoms in total. The molecule has 1 saturated heterocycles. The number of aromatic nitrogens is 3. The number of hydrogen-bond donors (Lipinski definition) is 1. The summed E-state index contributed by atoms with van der Waals surface area (Å²) in [5.74, 6) is -0.344. The van der Waals surface area contributed by atoms with E-state index in [1.807, 2.05) is 18.2 Å². The lowest BCUT2D eigenvalue weighted by molar-refractivity contribution is -0.121. The van der Waals surface area contributed by atoms with E-state index >= 15 is 0 Å². The monoisotopic (exact) mass is 457 g/mol. The zero-order valence-electron chi connectivity index (χ0n) is 17.4. The van der Waals surface area contributed by atoms with Gasteiger partial charge in [0, 0.05) is 18.8 Å². The number of morpholine rings is 1. The Hall–Kier alpha value is -3.02. The number of anilines is 1. The number of rotatable bonds is 6. The van der Waals surface area contributed by atoms with Crippen molar-refractivity contribution in [3.05, 3.63) is 47.5 Å². The summed E-state index contributed by atoms with van der Waals surface area (Å²) in [5, 5.41) is 10.7. The summed E-state index contributed by atoms with van der Waals surface area (Å²) in [6.07, 6.45) is 3.24. The van der Waals surface area contributed by atoms with Crippen LogP contribution in [0, 0.1) is 0 Å². The van der Waals surface area contributed by atoms with E-state index in [2.05, 4.69) is 15.6 Å². The minimum atomic E-state index is -3.68. The molecule has 0 bridgehead atoms. The topological polar surface area (TPSA) is 116 Å². The number of sulfonamides is 1. The molecule has 1 aromatic heterocycles. The molecule has 1 aliphatic heterocycles. The van der Waals surface area contributed by atoms with Gasteiger partial charge < -0.3 is 14.9 Å². The van der Waals surface area contributed by atoms with Crippen molar-refractivity contribution >= 4 is 32.7 Å². The number of amides is 1. The Balaban J connectivity index is 1.29. The lowest BCUT2D eigenvalue weighted by Crippen LogP contribution is -2.40.